The molecule has 1 aromatic rings. The Kier molecular flexibility index (Phi) is 5.36. The Labute approximate surface area is 115 Å². The van der Waals surface area contributed by atoms with Crippen molar-refractivity contribution >= 4 is 5.82 Å². The van der Waals surface area contributed by atoms with Crippen LogP contribution in [0.1, 0.15) is 18.4 Å². The third kappa shape index (κ3) is 4.65. The highest BCUT2D eigenvalue weighted by Gasteiger charge is 2.19. The molecule has 0 spiro atoms. The molecule has 0 radical (unpaired) electrons. The first-order valence-electron chi connectivity index (χ1n) is 6.86. The largest absolute Gasteiger partial charge is 0.383 e. The Hall–Kier alpha value is -1.39. The summed E-state index contributed by atoms with van der Waals surface area (Å²) in [4.78, 5) is 6.69. The molecule has 4 nitrogen and oxygen atoms in total. The fraction of sp³-hybridized carbons (Fsp3) is 0.533. The summed E-state index contributed by atoms with van der Waals surface area (Å²) < 4.78 is 5.12. The molecule has 1 fully saturated rings. The van der Waals surface area contributed by atoms with Gasteiger partial charge in [0.25, 0.3) is 0 Å². The van der Waals surface area contributed by atoms with Crippen LogP contribution in [-0.4, -0.2) is 37.8 Å². The molecule has 2 rings (SSSR count). The molecule has 1 aliphatic carbocycles. The van der Waals surface area contributed by atoms with Crippen molar-refractivity contribution < 1.29 is 4.74 Å². The lowest BCUT2D eigenvalue weighted by Crippen LogP contribution is -2.28. The standard InChI is InChI=1S/C15H23N3O/c1-3-8-18(9-10-19-2)15-7-4-13(12-17-15)11-16-14-5-6-14/h3-4,7,12,14,16H,1,5-6,8-11H2,2H3. The highest BCUT2D eigenvalue weighted by atomic mass is 16.5. The summed E-state index contributed by atoms with van der Waals surface area (Å²) in [5, 5.41) is 3.49. The summed E-state index contributed by atoms with van der Waals surface area (Å²) in [6, 6.07) is 4.95. The fourth-order valence-corrected chi connectivity index (χ4v) is 1.91. The van der Waals surface area contributed by atoms with Gasteiger partial charge in [-0.2, -0.15) is 0 Å². The number of methoxy groups -OCH3 is 1. The van der Waals surface area contributed by atoms with E-state index < -0.39 is 0 Å². The first kappa shape index (κ1) is 14.0. The van der Waals surface area contributed by atoms with Crippen molar-refractivity contribution in [1.29, 1.82) is 0 Å². The maximum atomic E-state index is 5.12. The number of hydrogen-bond acceptors (Lipinski definition) is 4. The van der Waals surface area contributed by atoms with Gasteiger partial charge in [-0.05, 0) is 24.5 Å². The highest BCUT2D eigenvalue weighted by Crippen LogP contribution is 2.19. The lowest BCUT2D eigenvalue weighted by Gasteiger charge is -2.21. The van der Waals surface area contributed by atoms with Crippen LogP contribution in [0.3, 0.4) is 0 Å². The van der Waals surface area contributed by atoms with Crippen LogP contribution < -0.4 is 10.2 Å². The molecule has 1 saturated carbocycles. The maximum Gasteiger partial charge on any atom is 0.128 e. The van der Waals surface area contributed by atoms with Crippen LogP contribution in [0, 0.1) is 0 Å². The van der Waals surface area contributed by atoms with Gasteiger partial charge in [0, 0.05) is 39.0 Å². The molecule has 104 valence electrons. The van der Waals surface area contributed by atoms with Crippen molar-refractivity contribution in [2.24, 2.45) is 0 Å². The molecule has 0 aliphatic heterocycles. The quantitative estimate of drug-likeness (QED) is 0.690. The van der Waals surface area contributed by atoms with E-state index >= 15 is 0 Å². The molecule has 1 N–H and O–H groups in total. The number of hydrogen-bond donors (Lipinski definition) is 1. The van der Waals surface area contributed by atoms with Crippen molar-refractivity contribution in [2.75, 3.05) is 31.7 Å². The van der Waals surface area contributed by atoms with E-state index in [1.807, 2.05) is 12.3 Å². The van der Waals surface area contributed by atoms with E-state index in [0.717, 1.165) is 31.5 Å². The lowest BCUT2D eigenvalue weighted by atomic mass is 10.2. The molecule has 1 aliphatic rings. The van der Waals surface area contributed by atoms with Crippen molar-refractivity contribution in [1.82, 2.24) is 10.3 Å². The van der Waals surface area contributed by atoms with Crippen LogP contribution in [-0.2, 0) is 11.3 Å². The average molecular weight is 261 g/mol. The molecule has 0 bridgehead atoms. The number of rotatable bonds is 9. The van der Waals surface area contributed by atoms with Gasteiger partial charge < -0.3 is 15.0 Å². The van der Waals surface area contributed by atoms with E-state index in [2.05, 4.69) is 33.9 Å². The molecule has 0 atom stereocenters. The zero-order valence-electron chi connectivity index (χ0n) is 11.6. The van der Waals surface area contributed by atoms with E-state index in [4.69, 9.17) is 4.74 Å². The predicted octanol–water partition coefficient (Wildman–Crippen LogP) is 1.97. The maximum absolute atomic E-state index is 5.12. The van der Waals surface area contributed by atoms with Gasteiger partial charge in [-0.1, -0.05) is 12.1 Å². The Morgan fingerprint density at radius 1 is 1.53 bits per heavy atom. The molecule has 0 saturated heterocycles. The first-order valence-corrected chi connectivity index (χ1v) is 6.86. The van der Waals surface area contributed by atoms with Crippen molar-refractivity contribution in [3.63, 3.8) is 0 Å². The van der Waals surface area contributed by atoms with Gasteiger partial charge in [-0.15, -0.1) is 6.58 Å². The van der Waals surface area contributed by atoms with Crippen LogP contribution in [0.4, 0.5) is 5.82 Å². The van der Waals surface area contributed by atoms with Crippen molar-refractivity contribution in [3.05, 3.63) is 36.5 Å². The van der Waals surface area contributed by atoms with Gasteiger partial charge in [0.15, 0.2) is 0 Å². The topological polar surface area (TPSA) is 37.4 Å². The van der Waals surface area contributed by atoms with Crippen LogP contribution in [0.15, 0.2) is 31.0 Å². The Bertz CT molecular complexity index is 387. The summed E-state index contributed by atoms with van der Waals surface area (Å²) in [7, 11) is 1.71. The summed E-state index contributed by atoms with van der Waals surface area (Å²) >= 11 is 0. The minimum absolute atomic E-state index is 0.695. The van der Waals surface area contributed by atoms with Gasteiger partial charge in [0.05, 0.1) is 6.61 Å². The molecule has 19 heavy (non-hydrogen) atoms. The molecule has 1 aromatic heterocycles. The first-order chi connectivity index (χ1) is 9.33. The number of aromatic nitrogens is 1. The average Bonchev–Trinajstić information content (AvgIpc) is 3.26. The van der Waals surface area contributed by atoms with Gasteiger partial charge in [-0.25, -0.2) is 4.98 Å². The molecule has 4 heteroatoms. The molecular formula is C15H23N3O. The van der Waals surface area contributed by atoms with Crippen LogP contribution >= 0.6 is 0 Å². The fourth-order valence-electron chi connectivity index (χ4n) is 1.91. The molecule has 0 amide bonds. The third-order valence-corrected chi connectivity index (χ3v) is 3.22. The summed E-state index contributed by atoms with van der Waals surface area (Å²) in [6.07, 6.45) is 6.47. The van der Waals surface area contributed by atoms with Crippen molar-refractivity contribution in [2.45, 2.75) is 25.4 Å². The van der Waals surface area contributed by atoms with E-state index in [9.17, 15) is 0 Å². The van der Waals surface area contributed by atoms with E-state index in [-0.39, 0.29) is 0 Å². The summed E-state index contributed by atoms with van der Waals surface area (Å²) in [5.41, 5.74) is 1.24. The van der Waals surface area contributed by atoms with Crippen LogP contribution in [0.25, 0.3) is 0 Å². The Balaban J connectivity index is 1.90. The van der Waals surface area contributed by atoms with Gasteiger partial charge >= 0.3 is 0 Å². The normalized spacial score (nSPS) is 14.4. The van der Waals surface area contributed by atoms with Gasteiger partial charge in [0.1, 0.15) is 5.82 Å². The highest BCUT2D eigenvalue weighted by molar-refractivity contribution is 5.40. The second-order valence-electron chi connectivity index (χ2n) is 4.91. The smallest absolute Gasteiger partial charge is 0.128 e. The number of anilines is 1. The molecule has 1 heterocycles. The lowest BCUT2D eigenvalue weighted by molar-refractivity contribution is 0.205. The minimum Gasteiger partial charge on any atom is -0.383 e. The van der Waals surface area contributed by atoms with E-state index in [1.54, 1.807) is 7.11 Å². The summed E-state index contributed by atoms with van der Waals surface area (Å²) in [5.74, 6) is 0.979. The minimum atomic E-state index is 0.695. The van der Waals surface area contributed by atoms with Gasteiger partial charge in [0.2, 0.25) is 0 Å². The zero-order valence-corrected chi connectivity index (χ0v) is 11.6. The second kappa shape index (κ2) is 7.26. The SMILES string of the molecule is C=CCN(CCOC)c1ccc(CNC2CC2)cn1. The molecule has 0 unspecified atom stereocenters. The third-order valence-electron chi connectivity index (χ3n) is 3.22. The zero-order chi connectivity index (χ0) is 13.5. The van der Waals surface area contributed by atoms with Crippen LogP contribution in [0.2, 0.25) is 0 Å². The Morgan fingerprint density at radius 2 is 2.37 bits per heavy atom. The second-order valence-corrected chi connectivity index (χ2v) is 4.91. The molecule has 0 aromatic carbocycles. The monoisotopic (exact) mass is 261 g/mol. The Morgan fingerprint density at radius 3 is 2.95 bits per heavy atom. The van der Waals surface area contributed by atoms with Gasteiger partial charge in [-0.3, -0.25) is 0 Å². The number of ether oxygens (including phenoxy) is 1. The van der Waals surface area contributed by atoms with E-state index in [1.165, 1.54) is 18.4 Å². The van der Waals surface area contributed by atoms with E-state index in [0.29, 0.717) is 6.61 Å². The number of pyridine rings is 1. The summed E-state index contributed by atoms with van der Waals surface area (Å²) in [6.45, 7) is 7.01. The number of nitrogens with one attached hydrogen (secondary N) is 1. The van der Waals surface area contributed by atoms with Crippen LogP contribution in [0.5, 0.6) is 0 Å². The van der Waals surface area contributed by atoms with Crippen molar-refractivity contribution in [3.8, 4) is 0 Å². The number of nitrogens with zero attached hydrogens (tertiary/aromatic N) is 2. The predicted molar refractivity (Wildman–Crippen MR) is 78.4 cm³/mol. The molecular weight excluding hydrogens is 238 g/mol.